The molecule has 0 aliphatic heterocycles. The first kappa shape index (κ1) is 16.4. The number of aromatic nitrogens is 2. The van der Waals surface area contributed by atoms with Gasteiger partial charge in [-0.3, -0.25) is 9.59 Å². The predicted molar refractivity (Wildman–Crippen MR) is 94.4 cm³/mol. The molecule has 126 valence electrons. The zero-order chi connectivity index (χ0) is 17.6. The molecule has 7 nitrogen and oxygen atoms in total. The third-order valence-corrected chi connectivity index (χ3v) is 3.42. The fraction of sp³-hybridized carbons (Fsp3) is 0.111. The summed E-state index contributed by atoms with van der Waals surface area (Å²) in [4.78, 5) is 33.8. The first-order chi connectivity index (χ1) is 12.1. The fourth-order valence-corrected chi connectivity index (χ4v) is 2.25. The number of para-hydroxylation sites is 1. The fourth-order valence-electron chi connectivity index (χ4n) is 2.25. The van der Waals surface area contributed by atoms with Crippen molar-refractivity contribution in [3.63, 3.8) is 0 Å². The van der Waals surface area contributed by atoms with Gasteiger partial charge in [-0.05, 0) is 24.6 Å². The highest BCUT2D eigenvalue weighted by atomic mass is 16.7. The summed E-state index contributed by atoms with van der Waals surface area (Å²) in [6.45, 7) is 1.28. The van der Waals surface area contributed by atoms with Gasteiger partial charge in [-0.15, -0.1) is 4.73 Å². The Morgan fingerprint density at radius 1 is 1.20 bits per heavy atom. The molecule has 0 aliphatic carbocycles. The summed E-state index contributed by atoms with van der Waals surface area (Å²) < 4.78 is 1.02. The van der Waals surface area contributed by atoms with Gasteiger partial charge < -0.3 is 4.84 Å². The highest BCUT2D eigenvalue weighted by Crippen LogP contribution is 2.06. The van der Waals surface area contributed by atoms with Gasteiger partial charge in [0.15, 0.2) is 6.61 Å². The van der Waals surface area contributed by atoms with Crippen LogP contribution in [0.3, 0.4) is 0 Å². The van der Waals surface area contributed by atoms with Crippen molar-refractivity contribution >= 4 is 23.0 Å². The first-order valence-electron chi connectivity index (χ1n) is 7.64. The average Bonchev–Trinajstić information content (AvgIpc) is 2.62. The lowest BCUT2D eigenvalue weighted by atomic mass is 10.2. The minimum Gasteiger partial charge on any atom is -0.399 e. The third-order valence-electron chi connectivity index (χ3n) is 3.42. The second kappa shape index (κ2) is 7.39. The molecule has 0 aliphatic rings. The molecule has 2 aromatic carbocycles. The molecule has 0 saturated heterocycles. The number of hydrazone groups is 1. The lowest BCUT2D eigenvalue weighted by Gasteiger charge is -2.11. The lowest BCUT2D eigenvalue weighted by Crippen LogP contribution is -2.35. The second-order valence-electron chi connectivity index (χ2n) is 5.25. The molecule has 0 spiro atoms. The van der Waals surface area contributed by atoms with Gasteiger partial charge in [0.1, 0.15) is 5.82 Å². The van der Waals surface area contributed by atoms with Crippen molar-refractivity contribution in [2.75, 3.05) is 6.61 Å². The maximum Gasteiger partial charge on any atom is 0.294 e. The van der Waals surface area contributed by atoms with Gasteiger partial charge in [0.2, 0.25) is 0 Å². The molecule has 1 amide bonds. The normalized spacial score (nSPS) is 10.9. The molecule has 7 heteroatoms. The van der Waals surface area contributed by atoms with E-state index in [-0.39, 0.29) is 12.2 Å². The number of nitrogens with zero attached hydrogens (tertiary/aromatic N) is 3. The molecule has 3 aromatic rings. The first-order valence-corrected chi connectivity index (χ1v) is 7.64. The van der Waals surface area contributed by atoms with Crippen LogP contribution in [0.25, 0.3) is 10.9 Å². The van der Waals surface area contributed by atoms with Crippen molar-refractivity contribution in [3.8, 4) is 0 Å². The highest BCUT2D eigenvalue weighted by Gasteiger charge is 2.10. The number of hydrogen-bond donors (Lipinski definition) is 1. The molecule has 0 radical (unpaired) electrons. The SMILES string of the molecule is Cc1nc2ccccc2c(=O)n1OCC(=O)N/N=C\c1ccccc1. The summed E-state index contributed by atoms with van der Waals surface area (Å²) in [5, 5.41) is 4.27. The molecular formula is C18H16N4O3. The van der Waals surface area contributed by atoms with Crippen LogP contribution < -0.4 is 15.8 Å². The molecule has 1 N–H and O–H groups in total. The van der Waals surface area contributed by atoms with E-state index < -0.39 is 5.91 Å². The number of aryl methyl sites for hydroxylation is 1. The van der Waals surface area contributed by atoms with Gasteiger partial charge in [0, 0.05) is 0 Å². The van der Waals surface area contributed by atoms with E-state index >= 15 is 0 Å². The van der Waals surface area contributed by atoms with Gasteiger partial charge in [-0.2, -0.15) is 5.10 Å². The predicted octanol–water partition coefficient (Wildman–Crippen LogP) is 1.28. The Labute approximate surface area is 143 Å². The molecule has 0 saturated carbocycles. The Bertz CT molecular complexity index is 981. The van der Waals surface area contributed by atoms with Crippen LogP contribution in [0.2, 0.25) is 0 Å². The summed E-state index contributed by atoms with van der Waals surface area (Å²) in [6, 6.07) is 16.3. The Balaban J connectivity index is 1.65. The van der Waals surface area contributed by atoms with Gasteiger partial charge in [0.25, 0.3) is 11.5 Å². The van der Waals surface area contributed by atoms with E-state index in [1.54, 1.807) is 31.2 Å². The number of amides is 1. The molecular weight excluding hydrogens is 320 g/mol. The van der Waals surface area contributed by atoms with Crippen molar-refractivity contribution < 1.29 is 9.63 Å². The van der Waals surface area contributed by atoms with E-state index in [0.717, 1.165) is 10.3 Å². The standard InChI is InChI=1S/C18H16N4O3/c1-13-20-16-10-6-5-9-15(16)18(24)22(13)25-12-17(23)21-19-11-14-7-3-2-4-8-14/h2-11H,12H2,1H3,(H,21,23)/b19-11-. The molecule has 1 aromatic heterocycles. The van der Waals surface area contributed by atoms with Crippen LogP contribution in [0.4, 0.5) is 0 Å². The van der Waals surface area contributed by atoms with Gasteiger partial charge in [-0.25, -0.2) is 10.4 Å². The van der Waals surface area contributed by atoms with Crippen molar-refractivity contribution in [2.24, 2.45) is 5.10 Å². The Kier molecular flexibility index (Phi) is 4.84. The average molecular weight is 336 g/mol. The molecule has 0 bridgehead atoms. The van der Waals surface area contributed by atoms with E-state index in [2.05, 4.69) is 15.5 Å². The summed E-state index contributed by atoms with van der Waals surface area (Å²) in [6.07, 6.45) is 1.52. The topological polar surface area (TPSA) is 85.6 Å². The van der Waals surface area contributed by atoms with Crippen LogP contribution in [0.5, 0.6) is 0 Å². The number of carbonyl (C=O) groups is 1. The van der Waals surface area contributed by atoms with Crippen molar-refractivity contribution in [1.29, 1.82) is 0 Å². The van der Waals surface area contributed by atoms with Gasteiger partial charge >= 0.3 is 0 Å². The minimum atomic E-state index is -0.480. The van der Waals surface area contributed by atoms with E-state index in [9.17, 15) is 9.59 Å². The van der Waals surface area contributed by atoms with Crippen molar-refractivity contribution in [3.05, 3.63) is 76.3 Å². The van der Waals surface area contributed by atoms with Crippen LogP contribution in [0.15, 0.2) is 64.5 Å². The smallest absolute Gasteiger partial charge is 0.294 e. The third kappa shape index (κ3) is 3.89. The maximum absolute atomic E-state index is 12.4. The number of hydrogen-bond acceptors (Lipinski definition) is 5. The van der Waals surface area contributed by atoms with E-state index in [1.165, 1.54) is 6.21 Å². The van der Waals surface area contributed by atoms with Crippen LogP contribution >= 0.6 is 0 Å². The zero-order valence-corrected chi connectivity index (χ0v) is 13.5. The zero-order valence-electron chi connectivity index (χ0n) is 13.5. The largest absolute Gasteiger partial charge is 0.399 e. The molecule has 0 atom stereocenters. The van der Waals surface area contributed by atoms with Crippen LogP contribution in [0.1, 0.15) is 11.4 Å². The molecule has 0 fully saturated rings. The van der Waals surface area contributed by atoms with Crippen molar-refractivity contribution in [2.45, 2.75) is 6.92 Å². The summed E-state index contributed by atoms with van der Waals surface area (Å²) in [5.41, 5.74) is 3.43. The monoisotopic (exact) mass is 336 g/mol. The summed E-state index contributed by atoms with van der Waals surface area (Å²) in [7, 11) is 0. The number of nitrogens with one attached hydrogen (secondary N) is 1. The van der Waals surface area contributed by atoms with Crippen LogP contribution in [0, 0.1) is 6.92 Å². The van der Waals surface area contributed by atoms with Crippen LogP contribution in [-0.2, 0) is 4.79 Å². The Morgan fingerprint density at radius 3 is 2.72 bits per heavy atom. The second-order valence-corrected chi connectivity index (χ2v) is 5.25. The number of rotatable bonds is 5. The van der Waals surface area contributed by atoms with E-state index in [4.69, 9.17) is 4.84 Å². The molecule has 1 heterocycles. The van der Waals surface area contributed by atoms with Crippen molar-refractivity contribution in [1.82, 2.24) is 15.1 Å². The van der Waals surface area contributed by atoms with Gasteiger partial charge in [-0.1, -0.05) is 42.5 Å². The minimum absolute atomic E-state index is 0.354. The number of benzene rings is 2. The quantitative estimate of drug-likeness (QED) is 0.562. The Morgan fingerprint density at radius 2 is 1.92 bits per heavy atom. The number of fused-ring (bicyclic) bond motifs is 1. The lowest BCUT2D eigenvalue weighted by molar-refractivity contribution is -0.126. The van der Waals surface area contributed by atoms with E-state index in [0.29, 0.717) is 16.7 Å². The van der Waals surface area contributed by atoms with Gasteiger partial charge in [0.05, 0.1) is 17.1 Å². The molecule has 25 heavy (non-hydrogen) atoms. The summed E-state index contributed by atoms with van der Waals surface area (Å²) >= 11 is 0. The summed E-state index contributed by atoms with van der Waals surface area (Å²) in [5.74, 6) is -0.115. The Hall–Kier alpha value is -3.48. The van der Waals surface area contributed by atoms with E-state index in [1.807, 2.05) is 30.3 Å². The van der Waals surface area contributed by atoms with Crippen LogP contribution in [-0.4, -0.2) is 28.4 Å². The number of carbonyl (C=O) groups excluding carboxylic acids is 1. The maximum atomic E-state index is 12.4. The highest BCUT2D eigenvalue weighted by molar-refractivity contribution is 5.82. The molecule has 0 unspecified atom stereocenters. The molecule has 3 rings (SSSR count).